The van der Waals surface area contributed by atoms with E-state index >= 15 is 0 Å². The first kappa shape index (κ1) is 18.2. The minimum absolute atomic E-state index is 0.0905. The molecule has 1 aromatic carbocycles. The lowest BCUT2D eigenvalue weighted by atomic mass is 10.0. The molecular weight excluding hydrogens is 314 g/mol. The summed E-state index contributed by atoms with van der Waals surface area (Å²) in [6, 6.07) is 8.93. The van der Waals surface area contributed by atoms with Crippen molar-refractivity contribution < 1.29 is 9.53 Å². The topological polar surface area (TPSA) is 44.8 Å². The normalized spacial score (nSPS) is 22.0. The molecule has 1 atom stereocenters. The predicted octanol–water partition coefficient (Wildman–Crippen LogP) is 2.99. The van der Waals surface area contributed by atoms with E-state index in [-0.39, 0.29) is 6.03 Å². The number of piperidine rings is 1. The Labute approximate surface area is 151 Å². The molecule has 2 amide bonds. The van der Waals surface area contributed by atoms with Crippen LogP contribution in [0.2, 0.25) is 0 Å². The smallest absolute Gasteiger partial charge is 0.317 e. The summed E-state index contributed by atoms with van der Waals surface area (Å²) in [4.78, 5) is 17.1. The fourth-order valence-corrected chi connectivity index (χ4v) is 3.85. The maximum absolute atomic E-state index is 12.6. The van der Waals surface area contributed by atoms with Gasteiger partial charge in [0.05, 0.1) is 13.2 Å². The number of ether oxygens (including phenoxy) is 1. The Balaban J connectivity index is 1.58. The zero-order valence-electron chi connectivity index (χ0n) is 15.4. The Bertz CT molecular complexity index is 558. The summed E-state index contributed by atoms with van der Waals surface area (Å²) in [5, 5.41) is 3.15. The molecule has 1 unspecified atom stereocenters. The number of carbonyl (C=O) groups excluding carboxylic acids is 1. The van der Waals surface area contributed by atoms with Crippen molar-refractivity contribution in [2.75, 3.05) is 32.8 Å². The first-order valence-corrected chi connectivity index (χ1v) is 9.69. The molecule has 0 bridgehead atoms. The van der Waals surface area contributed by atoms with Gasteiger partial charge in [0, 0.05) is 38.8 Å². The molecule has 5 heteroatoms. The van der Waals surface area contributed by atoms with Crippen molar-refractivity contribution in [3.63, 3.8) is 0 Å². The number of hydrogen-bond acceptors (Lipinski definition) is 3. The van der Waals surface area contributed by atoms with Gasteiger partial charge in [-0.1, -0.05) is 31.2 Å². The van der Waals surface area contributed by atoms with E-state index in [0.29, 0.717) is 12.6 Å². The Morgan fingerprint density at radius 1 is 1.16 bits per heavy atom. The Hall–Kier alpha value is -1.59. The maximum atomic E-state index is 12.6. The highest BCUT2D eigenvalue weighted by atomic mass is 16.5. The molecule has 2 saturated heterocycles. The van der Waals surface area contributed by atoms with Crippen LogP contribution in [0.1, 0.15) is 43.7 Å². The second kappa shape index (κ2) is 9.20. The summed E-state index contributed by atoms with van der Waals surface area (Å²) in [6.45, 7) is 8.18. The van der Waals surface area contributed by atoms with Crippen molar-refractivity contribution in [1.82, 2.24) is 15.1 Å². The molecule has 0 aliphatic carbocycles. The van der Waals surface area contributed by atoms with Crippen LogP contribution in [-0.2, 0) is 17.8 Å². The van der Waals surface area contributed by atoms with Crippen molar-refractivity contribution in [2.24, 2.45) is 0 Å². The van der Waals surface area contributed by atoms with Crippen LogP contribution in [0, 0.1) is 0 Å². The van der Waals surface area contributed by atoms with Gasteiger partial charge in [0.2, 0.25) is 0 Å². The number of amides is 2. The van der Waals surface area contributed by atoms with Crippen LogP contribution in [0.25, 0.3) is 0 Å². The third-order valence-electron chi connectivity index (χ3n) is 5.41. The van der Waals surface area contributed by atoms with Crippen LogP contribution in [-0.4, -0.2) is 54.7 Å². The first-order chi connectivity index (χ1) is 12.3. The Morgan fingerprint density at radius 3 is 2.68 bits per heavy atom. The van der Waals surface area contributed by atoms with E-state index in [4.69, 9.17) is 4.74 Å². The highest BCUT2D eigenvalue weighted by Gasteiger charge is 2.25. The van der Waals surface area contributed by atoms with Gasteiger partial charge >= 0.3 is 6.03 Å². The van der Waals surface area contributed by atoms with E-state index in [1.54, 1.807) is 0 Å². The van der Waals surface area contributed by atoms with Gasteiger partial charge in [0.25, 0.3) is 0 Å². The van der Waals surface area contributed by atoms with Gasteiger partial charge in [-0.15, -0.1) is 0 Å². The molecule has 0 aromatic heterocycles. The standard InChI is InChI=1S/C20H31N3O2/c1-2-19-9-5-6-10-23(19)20(24)21-15-17-7-3-4-8-18(17)16-22-11-13-25-14-12-22/h3-4,7-8,19H,2,5-6,9-16H2,1H3,(H,21,24). The fourth-order valence-electron chi connectivity index (χ4n) is 3.85. The lowest BCUT2D eigenvalue weighted by molar-refractivity contribution is 0.0340. The summed E-state index contributed by atoms with van der Waals surface area (Å²) >= 11 is 0. The fraction of sp³-hybridized carbons (Fsp3) is 0.650. The van der Waals surface area contributed by atoms with E-state index in [1.807, 2.05) is 4.90 Å². The van der Waals surface area contributed by atoms with Gasteiger partial charge in [-0.25, -0.2) is 4.79 Å². The quantitative estimate of drug-likeness (QED) is 0.892. The maximum Gasteiger partial charge on any atom is 0.317 e. The van der Waals surface area contributed by atoms with Crippen LogP contribution in [0.15, 0.2) is 24.3 Å². The van der Waals surface area contributed by atoms with Gasteiger partial charge in [-0.2, -0.15) is 0 Å². The van der Waals surface area contributed by atoms with E-state index in [2.05, 4.69) is 41.4 Å². The predicted molar refractivity (Wildman–Crippen MR) is 99.4 cm³/mol. The number of likely N-dealkylation sites (tertiary alicyclic amines) is 1. The molecule has 0 spiro atoms. The Morgan fingerprint density at radius 2 is 1.92 bits per heavy atom. The zero-order chi connectivity index (χ0) is 17.5. The van der Waals surface area contributed by atoms with Crippen LogP contribution in [0.4, 0.5) is 4.79 Å². The van der Waals surface area contributed by atoms with E-state index in [9.17, 15) is 4.79 Å². The number of benzene rings is 1. The molecule has 2 fully saturated rings. The third-order valence-corrected chi connectivity index (χ3v) is 5.41. The largest absolute Gasteiger partial charge is 0.379 e. The number of nitrogens with one attached hydrogen (secondary N) is 1. The molecule has 1 N–H and O–H groups in total. The highest BCUT2D eigenvalue weighted by Crippen LogP contribution is 2.20. The first-order valence-electron chi connectivity index (χ1n) is 9.69. The molecule has 5 nitrogen and oxygen atoms in total. The summed E-state index contributed by atoms with van der Waals surface area (Å²) in [5.41, 5.74) is 2.52. The van der Waals surface area contributed by atoms with Crippen molar-refractivity contribution in [2.45, 2.75) is 51.7 Å². The van der Waals surface area contributed by atoms with E-state index in [1.165, 1.54) is 17.5 Å². The molecular formula is C20H31N3O2. The van der Waals surface area contributed by atoms with Crippen molar-refractivity contribution in [3.8, 4) is 0 Å². The van der Waals surface area contributed by atoms with Crippen LogP contribution in [0.5, 0.6) is 0 Å². The van der Waals surface area contributed by atoms with Crippen LogP contribution < -0.4 is 5.32 Å². The number of rotatable bonds is 5. The number of carbonyl (C=O) groups is 1. The molecule has 25 heavy (non-hydrogen) atoms. The van der Waals surface area contributed by atoms with E-state index in [0.717, 1.165) is 58.7 Å². The third kappa shape index (κ3) is 4.95. The molecule has 2 heterocycles. The van der Waals surface area contributed by atoms with Crippen LogP contribution in [0.3, 0.4) is 0 Å². The SMILES string of the molecule is CCC1CCCCN1C(=O)NCc1ccccc1CN1CCOCC1. The van der Waals surface area contributed by atoms with Crippen molar-refractivity contribution >= 4 is 6.03 Å². The molecule has 3 rings (SSSR count). The van der Waals surface area contributed by atoms with Gasteiger partial charge in [0.1, 0.15) is 0 Å². The summed E-state index contributed by atoms with van der Waals surface area (Å²) < 4.78 is 5.43. The number of hydrogen-bond donors (Lipinski definition) is 1. The van der Waals surface area contributed by atoms with Gasteiger partial charge in [-0.3, -0.25) is 4.90 Å². The average molecular weight is 345 g/mol. The summed E-state index contributed by atoms with van der Waals surface area (Å²) in [7, 11) is 0. The number of urea groups is 1. The van der Waals surface area contributed by atoms with Gasteiger partial charge < -0.3 is 15.0 Å². The van der Waals surface area contributed by atoms with Crippen molar-refractivity contribution in [3.05, 3.63) is 35.4 Å². The van der Waals surface area contributed by atoms with Gasteiger partial charge in [0.15, 0.2) is 0 Å². The minimum Gasteiger partial charge on any atom is -0.379 e. The van der Waals surface area contributed by atoms with Gasteiger partial charge in [-0.05, 0) is 36.8 Å². The molecule has 138 valence electrons. The van der Waals surface area contributed by atoms with Crippen molar-refractivity contribution in [1.29, 1.82) is 0 Å². The Kier molecular flexibility index (Phi) is 6.70. The minimum atomic E-state index is 0.0905. The van der Waals surface area contributed by atoms with E-state index < -0.39 is 0 Å². The number of morpholine rings is 1. The lowest BCUT2D eigenvalue weighted by Crippen LogP contribution is -2.48. The number of nitrogens with zero attached hydrogens (tertiary/aromatic N) is 2. The second-order valence-electron chi connectivity index (χ2n) is 7.07. The molecule has 0 radical (unpaired) electrons. The average Bonchev–Trinajstić information content (AvgIpc) is 2.68. The van der Waals surface area contributed by atoms with Crippen LogP contribution >= 0.6 is 0 Å². The lowest BCUT2D eigenvalue weighted by Gasteiger charge is -2.35. The summed E-state index contributed by atoms with van der Waals surface area (Å²) in [6.07, 6.45) is 4.54. The molecule has 0 saturated carbocycles. The molecule has 1 aromatic rings. The monoisotopic (exact) mass is 345 g/mol. The second-order valence-corrected chi connectivity index (χ2v) is 7.07. The molecule has 2 aliphatic rings. The molecule has 2 aliphatic heterocycles. The highest BCUT2D eigenvalue weighted by molar-refractivity contribution is 5.74. The zero-order valence-corrected chi connectivity index (χ0v) is 15.4. The summed E-state index contributed by atoms with van der Waals surface area (Å²) in [5.74, 6) is 0.